The molecule has 0 saturated carbocycles. The maximum atomic E-state index is 5.90. The molecule has 2 nitrogen and oxygen atoms in total. The quantitative estimate of drug-likeness (QED) is 0.384. The van der Waals surface area contributed by atoms with Crippen LogP contribution < -0.4 is 24.8 Å². The molecule has 0 saturated heterocycles. The van der Waals surface area contributed by atoms with E-state index in [0.717, 1.165) is 11.5 Å². The molecule has 2 unspecified atom stereocenters. The Morgan fingerprint density at radius 2 is 1.06 bits per heavy atom. The van der Waals surface area contributed by atoms with Gasteiger partial charge in [0, 0.05) is 0 Å². The molecular formula is C28H22Cl2O2Zr. The number of rotatable bonds is 4. The van der Waals surface area contributed by atoms with Crippen LogP contribution in [0.25, 0.3) is 23.3 Å². The fourth-order valence-corrected chi connectivity index (χ4v) is 9.89. The zero-order chi connectivity index (χ0) is 20.9. The molecule has 0 spiro atoms. The fourth-order valence-electron chi connectivity index (χ4n) is 4.96. The minimum Gasteiger partial charge on any atom is -1.00 e. The van der Waals surface area contributed by atoms with Crippen LogP contribution in [0.3, 0.4) is 0 Å². The van der Waals surface area contributed by atoms with Gasteiger partial charge in [0.1, 0.15) is 0 Å². The predicted octanol–water partition coefficient (Wildman–Crippen LogP) is 1.47. The molecule has 5 heteroatoms. The molecule has 0 bridgehead atoms. The van der Waals surface area contributed by atoms with Crippen molar-refractivity contribution in [2.75, 3.05) is 0 Å². The first-order valence-electron chi connectivity index (χ1n) is 10.7. The van der Waals surface area contributed by atoms with Crippen molar-refractivity contribution in [1.82, 2.24) is 0 Å². The van der Waals surface area contributed by atoms with Crippen LogP contribution in [0.2, 0.25) is 0 Å². The molecule has 33 heavy (non-hydrogen) atoms. The maximum absolute atomic E-state index is 5.90. The molecule has 2 aromatic carbocycles. The second kappa shape index (κ2) is 9.67. The van der Waals surface area contributed by atoms with E-state index < -0.39 is 23.2 Å². The number of hydrogen-bond acceptors (Lipinski definition) is 2. The number of halogens is 2. The predicted molar refractivity (Wildman–Crippen MR) is 121 cm³/mol. The number of benzene rings is 2. The van der Waals surface area contributed by atoms with E-state index >= 15 is 0 Å². The van der Waals surface area contributed by atoms with E-state index in [0.29, 0.717) is 7.25 Å². The number of aryl methyl sites for hydroxylation is 2. The van der Waals surface area contributed by atoms with Crippen molar-refractivity contribution in [3.05, 3.63) is 118 Å². The molecule has 0 fully saturated rings. The molecule has 0 amide bonds. The van der Waals surface area contributed by atoms with Gasteiger partial charge in [-0.2, -0.15) is 0 Å². The van der Waals surface area contributed by atoms with E-state index in [1.54, 1.807) is 12.5 Å². The minimum atomic E-state index is -1.05. The van der Waals surface area contributed by atoms with E-state index in [1.807, 2.05) is 12.1 Å². The third kappa shape index (κ3) is 4.05. The first kappa shape index (κ1) is 24.1. The molecular weight excluding hydrogens is 530 g/mol. The summed E-state index contributed by atoms with van der Waals surface area (Å²) in [7, 11) is 0. The van der Waals surface area contributed by atoms with Gasteiger partial charge < -0.3 is 24.8 Å². The third-order valence-electron chi connectivity index (χ3n) is 6.50. The largest absolute Gasteiger partial charge is 1.00 e. The molecule has 0 radical (unpaired) electrons. The normalized spacial score (nSPS) is 17.8. The second-order valence-electron chi connectivity index (χ2n) is 8.34. The van der Waals surface area contributed by atoms with Crippen LogP contribution in [0.1, 0.15) is 52.2 Å². The average Bonchev–Trinajstić information content (AvgIpc) is 3.56. The van der Waals surface area contributed by atoms with Crippen LogP contribution in [0.4, 0.5) is 0 Å². The number of furan rings is 2. The van der Waals surface area contributed by atoms with Crippen molar-refractivity contribution < 1.29 is 56.9 Å². The summed E-state index contributed by atoms with van der Waals surface area (Å²) in [5.41, 5.74) is 11.1. The zero-order valence-corrected chi connectivity index (χ0v) is 22.3. The van der Waals surface area contributed by atoms with Gasteiger partial charge in [-0.1, -0.05) is 0 Å². The summed E-state index contributed by atoms with van der Waals surface area (Å²) in [4.78, 5) is 0. The fraction of sp³-hybridized carbons (Fsp3) is 0.143. The monoisotopic (exact) mass is 550 g/mol. The van der Waals surface area contributed by atoms with Crippen LogP contribution in [0.15, 0.2) is 82.0 Å². The molecule has 0 N–H and O–H groups in total. The van der Waals surface area contributed by atoms with Gasteiger partial charge in [0.15, 0.2) is 0 Å². The summed E-state index contributed by atoms with van der Waals surface area (Å²) in [5.74, 6) is 2.01. The minimum absolute atomic E-state index is 0. The maximum Gasteiger partial charge on any atom is -1.00 e. The van der Waals surface area contributed by atoms with E-state index in [-0.39, 0.29) is 24.8 Å². The Balaban J connectivity index is 0.00000130. The molecule has 2 heterocycles. The van der Waals surface area contributed by atoms with Gasteiger partial charge in [-0.05, 0) is 0 Å². The summed E-state index contributed by atoms with van der Waals surface area (Å²) in [6.45, 7) is 4.43. The SMILES string of the molecule is Cc1cccc2c1C=C(c1ccco1)[CH]2[Zr+2][CH]1C(c2ccco2)=Cc2c(C)cccc21.[Cl-].[Cl-]. The van der Waals surface area contributed by atoms with Crippen molar-refractivity contribution in [2.24, 2.45) is 0 Å². The van der Waals surface area contributed by atoms with Gasteiger partial charge >= 0.3 is 195 Å². The topological polar surface area (TPSA) is 26.3 Å². The third-order valence-corrected chi connectivity index (χ3v) is 11.2. The van der Waals surface area contributed by atoms with Crippen LogP contribution >= 0.6 is 0 Å². The molecule has 4 aromatic rings. The Bertz CT molecular complexity index is 1230. The molecule has 6 rings (SSSR count). The van der Waals surface area contributed by atoms with Crippen LogP contribution in [-0.4, -0.2) is 0 Å². The average molecular weight is 553 g/mol. The molecule has 2 aliphatic carbocycles. The molecule has 0 aliphatic heterocycles. The van der Waals surface area contributed by atoms with Crippen molar-refractivity contribution in [3.8, 4) is 0 Å². The van der Waals surface area contributed by atoms with Crippen LogP contribution in [-0.2, 0) is 23.2 Å². The van der Waals surface area contributed by atoms with Gasteiger partial charge in [-0.3, -0.25) is 0 Å². The van der Waals surface area contributed by atoms with E-state index in [2.05, 4.69) is 74.5 Å². The Morgan fingerprint density at radius 3 is 1.45 bits per heavy atom. The van der Waals surface area contributed by atoms with Gasteiger partial charge in [0.2, 0.25) is 0 Å². The van der Waals surface area contributed by atoms with Crippen molar-refractivity contribution in [2.45, 2.75) is 21.1 Å². The Labute approximate surface area is 218 Å². The van der Waals surface area contributed by atoms with Gasteiger partial charge in [-0.25, -0.2) is 0 Å². The summed E-state index contributed by atoms with van der Waals surface area (Å²) in [5, 5.41) is 0. The summed E-state index contributed by atoms with van der Waals surface area (Å²) in [6.07, 6.45) is 8.32. The molecule has 164 valence electrons. The molecule has 2 atom stereocenters. The Hall–Kier alpha value is -2.06. The van der Waals surface area contributed by atoms with Crippen LogP contribution in [0.5, 0.6) is 0 Å². The number of hydrogen-bond donors (Lipinski definition) is 0. The summed E-state index contributed by atoms with van der Waals surface area (Å²) >= 11 is -1.05. The van der Waals surface area contributed by atoms with Gasteiger partial charge in [0.25, 0.3) is 0 Å². The smallest absolute Gasteiger partial charge is 1.00 e. The molecule has 2 aromatic heterocycles. The first-order valence-corrected chi connectivity index (χ1v) is 13.5. The summed E-state index contributed by atoms with van der Waals surface area (Å²) < 4.78 is 12.7. The van der Waals surface area contributed by atoms with E-state index in [1.165, 1.54) is 44.5 Å². The van der Waals surface area contributed by atoms with Gasteiger partial charge in [-0.15, -0.1) is 0 Å². The first-order chi connectivity index (χ1) is 15.2. The standard InChI is InChI=1S/2C14H11O.2ClH.Zr/c2*1-10-4-2-5-11-8-12(9-13(10)11)14-6-3-7-15-14;;;/h2*2-9H,1H3;2*1H;/q;;;;+2/p-2. The summed E-state index contributed by atoms with van der Waals surface area (Å²) in [6, 6.07) is 21.7. The molecule has 2 aliphatic rings. The van der Waals surface area contributed by atoms with Crippen molar-refractivity contribution in [1.29, 1.82) is 0 Å². The van der Waals surface area contributed by atoms with E-state index in [4.69, 9.17) is 8.83 Å². The Morgan fingerprint density at radius 1 is 0.606 bits per heavy atom. The van der Waals surface area contributed by atoms with Crippen molar-refractivity contribution in [3.63, 3.8) is 0 Å². The number of fused-ring (bicyclic) bond motifs is 2. The van der Waals surface area contributed by atoms with Gasteiger partial charge in [0.05, 0.1) is 0 Å². The zero-order valence-electron chi connectivity index (χ0n) is 18.3. The Kier molecular flexibility index (Phi) is 7.05. The van der Waals surface area contributed by atoms with Crippen LogP contribution in [0, 0.1) is 13.8 Å². The van der Waals surface area contributed by atoms with E-state index in [9.17, 15) is 0 Å². The van der Waals surface area contributed by atoms with Crippen molar-refractivity contribution >= 4 is 23.3 Å². The number of allylic oxidation sites excluding steroid dienone is 2. The second-order valence-corrected chi connectivity index (χ2v) is 12.0.